The van der Waals surface area contributed by atoms with Crippen molar-refractivity contribution in [3.05, 3.63) is 11.6 Å². The minimum absolute atomic E-state index is 0.00269. The molecule has 2 aromatic rings. The van der Waals surface area contributed by atoms with Crippen molar-refractivity contribution >= 4 is 42.5 Å². The molecule has 13 nitrogen and oxygen atoms in total. The number of fused-ring (bicyclic) bond motifs is 1. The molecule has 166 valence electrons. The van der Waals surface area contributed by atoms with E-state index in [0.717, 1.165) is 0 Å². The third-order valence-corrected chi connectivity index (χ3v) is 4.85. The van der Waals surface area contributed by atoms with Crippen LogP contribution in [0.3, 0.4) is 0 Å². The van der Waals surface area contributed by atoms with Crippen LogP contribution in [0.4, 0.5) is 10.6 Å². The fourth-order valence-corrected chi connectivity index (χ4v) is 3.50. The molecule has 3 heterocycles. The van der Waals surface area contributed by atoms with Gasteiger partial charge in [-0.15, -0.1) is 0 Å². The number of phosphoric acid groups is 1. The lowest BCUT2D eigenvalue weighted by molar-refractivity contribution is -0.0452. The van der Waals surface area contributed by atoms with Crippen LogP contribution in [0.2, 0.25) is 5.28 Å². The van der Waals surface area contributed by atoms with Gasteiger partial charge in [-0.1, -0.05) is 0 Å². The monoisotopic (exact) mass is 464 g/mol. The first-order valence-corrected chi connectivity index (χ1v) is 10.9. The molecule has 1 unspecified atom stereocenters. The summed E-state index contributed by atoms with van der Waals surface area (Å²) in [6.45, 7) is 3.05. The Balaban J connectivity index is 1.85. The van der Waals surface area contributed by atoms with Gasteiger partial charge < -0.3 is 29.9 Å². The topological polar surface area (TPSA) is 170 Å². The molecule has 1 amide bonds. The van der Waals surface area contributed by atoms with E-state index in [4.69, 9.17) is 30.9 Å². The molecule has 1 aliphatic heterocycles. The molecule has 0 bridgehead atoms. The quantitative estimate of drug-likeness (QED) is 0.345. The number of imidazole rings is 1. The van der Waals surface area contributed by atoms with Crippen LogP contribution in [-0.2, 0) is 18.6 Å². The van der Waals surface area contributed by atoms with Crippen LogP contribution in [0, 0.1) is 0 Å². The number of carbonyl (C=O) groups excluding carboxylic acids is 1. The van der Waals surface area contributed by atoms with Crippen molar-refractivity contribution in [3.63, 3.8) is 0 Å². The average molecular weight is 465 g/mol. The summed E-state index contributed by atoms with van der Waals surface area (Å²) in [5.41, 5.74) is 0.835. The van der Waals surface area contributed by atoms with Gasteiger partial charge in [-0.05, 0) is 25.4 Å². The highest BCUT2D eigenvalue weighted by Crippen LogP contribution is 2.39. The van der Waals surface area contributed by atoms with Crippen molar-refractivity contribution in [1.82, 2.24) is 24.8 Å². The fraction of sp³-hybridized carbons (Fsp3) is 0.600. The maximum absolute atomic E-state index is 12.0. The van der Waals surface area contributed by atoms with Gasteiger partial charge in [0, 0.05) is 19.5 Å². The number of rotatable bonds is 7. The molecule has 0 radical (unpaired) electrons. The Morgan fingerprint density at radius 3 is 2.83 bits per heavy atom. The average Bonchev–Trinajstić information content (AvgIpc) is 3.21. The number of aromatic nitrogens is 4. The van der Waals surface area contributed by atoms with Gasteiger partial charge in [0.2, 0.25) is 5.28 Å². The van der Waals surface area contributed by atoms with Crippen molar-refractivity contribution in [2.75, 3.05) is 19.0 Å². The Labute approximate surface area is 176 Å². The normalized spacial score (nSPS) is 21.9. The number of halogens is 1. The molecule has 15 heteroatoms. The van der Waals surface area contributed by atoms with E-state index in [2.05, 4.69) is 30.1 Å². The highest BCUT2D eigenvalue weighted by atomic mass is 35.5. The van der Waals surface area contributed by atoms with Crippen LogP contribution < -0.4 is 10.6 Å². The first-order valence-electron chi connectivity index (χ1n) is 8.98. The van der Waals surface area contributed by atoms with E-state index < -0.39 is 39.0 Å². The van der Waals surface area contributed by atoms with Crippen molar-refractivity contribution in [1.29, 1.82) is 0 Å². The SMILES string of the molecule is CNc1nc(Cl)nc2c1ncn2C1C[C@@H](OC(=O)NC(C)C)[C@@H](COP(=O)(O)O)O1. The summed E-state index contributed by atoms with van der Waals surface area (Å²) in [4.78, 5) is 42.6. The van der Waals surface area contributed by atoms with E-state index in [1.807, 2.05) is 0 Å². The molecule has 3 atom stereocenters. The Morgan fingerprint density at radius 2 is 2.20 bits per heavy atom. The zero-order valence-electron chi connectivity index (χ0n) is 16.4. The van der Waals surface area contributed by atoms with Gasteiger partial charge in [-0.3, -0.25) is 9.09 Å². The van der Waals surface area contributed by atoms with Crippen molar-refractivity contribution in [2.24, 2.45) is 0 Å². The molecule has 4 N–H and O–H groups in total. The van der Waals surface area contributed by atoms with E-state index >= 15 is 0 Å². The molecular weight excluding hydrogens is 443 g/mol. The van der Waals surface area contributed by atoms with Crippen LogP contribution in [-0.4, -0.2) is 67.3 Å². The maximum atomic E-state index is 12.0. The predicted molar refractivity (Wildman–Crippen MR) is 105 cm³/mol. The van der Waals surface area contributed by atoms with Crippen LogP contribution >= 0.6 is 19.4 Å². The second kappa shape index (κ2) is 9.00. The predicted octanol–water partition coefficient (Wildman–Crippen LogP) is 1.42. The fourth-order valence-electron chi connectivity index (χ4n) is 3.00. The lowest BCUT2D eigenvalue weighted by Gasteiger charge is -2.19. The number of amides is 1. The Hall–Kier alpha value is -2.02. The van der Waals surface area contributed by atoms with E-state index in [9.17, 15) is 9.36 Å². The first-order chi connectivity index (χ1) is 14.1. The van der Waals surface area contributed by atoms with Crippen LogP contribution in [0.5, 0.6) is 0 Å². The molecule has 1 fully saturated rings. The summed E-state index contributed by atoms with van der Waals surface area (Å²) in [7, 11) is -3.08. The number of anilines is 1. The number of phosphoric ester groups is 1. The second-order valence-electron chi connectivity index (χ2n) is 6.81. The minimum atomic E-state index is -4.74. The van der Waals surface area contributed by atoms with Crippen molar-refractivity contribution < 1.29 is 33.1 Å². The number of alkyl carbamates (subject to hydrolysis) is 1. The largest absolute Gasteiger partial charge is 0.469 e. The molecule has 1 aliphatic rings. The number of carbonyl (C=O) groups is 1. The third kappa shape index (κ3) is 5.36. The summed E-state index contributed by atoms with van der Waals surface area (Å²) in [6.07, 6.45) is -1.51. The molecule has 0 aromatic carbocycles. The lowest BCUT2D eigenvalue weighted by atomic mass is 10.2. The summed E-state index contributed by atoms with van der Waals surface area (Å²) in [5.74, 6) is 0.423. The second-order valence-corrected chi connectivity index (χ2v) is 8.39. The molecule has 0 aliphatic carbocycles. The molecule has 2 aromatic heterocycles. The molecule has 1 saturated heterocycles. The lowest BCUT2D eigenvalue weighted by Crippen LogP contribution is -2.37. The highest BCUT2D eigenvalue weighted by Gasteiger charge is 2.41. The zero-order valence-corrected chi connectivity index (χ0v) is 18.0. The van der Waals surface area contributed by atoms with E-state index in [1.54, 1.807) is 25.5 Å². The van der Waals surface area contributed by atoms with Gasteiger partial charge in [0.1, 0.15) is 18.4 Å². The molecule has 3 rings (SSSR count). The van der Waals surface area contributed by atoms with E-state index in [1.165, 1.54) is 6.33 Å². The first kappa shape index (κ1) is 22.7. The van der Waals surface area contributed by atoms with Crippen LogP contribution in [0.15, 0.2) is 6.33 Å². The number of hydrogen-bond donors (Lipinski definition) is 4. The Bertz CT molecular complexity index is 966. The van der Waals surface area contributed by atoms with Crippen LogP contribution in [0.25, 0.3) is 11.2 Å². The molecule has 0 spiro atoms. The summed E-state index contributed by atoms with van der Waals surface area (Å²) >= 11 is 5.98. The number of nitrogens with one attached hydrogen (secondary N) is 2. The third-order valence-electron chi connectivity index (χ3n) is 4.19. The summed E-state index contributed by atoms with van der Waals surface area (Å²) in [6, 6.07) is -0.156. The van der Waals surface area contributed by atoms with Gasteiger partial charge in [-0.2, -0.15) is 9.97 Å². The Kier molecular flexibility index (Phi) is 6.80. The molecule has 30 heavy (non-hydrogen) atoms. The smallest absolute Gasteiger partial charge is 0.443 e. The number of hydrogen-bond acceptors (Lipinski definition) is 9. The van der Waals surface area contributed by atoms with Gasteiger partial charge in [0.05, 0.1) is 12.9 Å². The van der Waals surface area contributed by atoms with Crippen molar-refractivity contribution in [3.8, 4) is 0 Å². The molecule has 0 saturated carbocycles. The highest BCUT2D eigenvalue weighted by molar-refractivity contribution is 7.46. The van der Waals surface area contributed by atoms with E-state index in [0.29, 0.717) is 17.0 Å². The van der Waals surface area contributed by atoms with Gasteiger partial charge in [0.15, 0.2) is 17.0 Å². The minimum Gasteiger partial charge on any atom is -0.443 e. The standard InChI is InChI=1S/C15H22ClN6O7P/c1-7(2)19-15(23)29-8-4-10(28-9(8)5-27-30(24,25)26)22-6-18-11-12(17-3)20-14(16)21-13(11)22/h6-10H,4-5H2,1-3H3,(H,19,23)(H,17,20,21)(H2,24,25,26)/t8-,9-,10?/m1/s1. The summed E-state index contributed by atoms with van der Waals surface area (Å²) in [5, 5.41) is 5.46. The van der Waals surface area contributed by atoms with Crippen LogP contribution in [0.1, 0.15) is 26.5 Å². The number of ether oxygens (including phenoxy) is 2. The van der Waals surface area contributed by atoms with Gasteiger partial charge >= 0.3 is 13.9 Å². The molecular formula is C15H22ClN6O7P. The Morgan fingerprint density at radius 1 is 1.47 bits per heavy atom. The maximum Gasteiger partial charge on any atom is 0.469 e. The van der Waals surface area contributed by atoms with Gasteiger partial charge in [0.25, 0.3) is 0 Å². The number of nitrogens with zero attached hydrogens (tertiary/aromatic N) is 4. The summed E-state index contributed by atoms with van der Waals surface area (Å²) < 4.78 is 28.5. The van der Waals surface area contributed by atoms with Crippen molar-refractivity contribution in [2.45, 2.75) is 44.7 Å². The zero-order chi connectivity index (χ0) is 22.1. The van der Waals surface area contributed by atoms with Gasteiger partial charge in [-0.25, -0.2) is 14.3 Å². The van der Waals surface area contributed by atoms with E-state index in [-0.39, 0.29) is 17.7 Å².